The van der Waals surface area contributed by atoms with E-state index in [0.717, 1.165) is 25.7 Å². The van der Waals surface area contributed by atoms with Gasteiger partial charge in [-0.2, -0.15) is 0 Å². The number of ether oxygens (including phenoxy) is 2. The summed E-state index contributed by atoms with van der Waals surface area (Å²) in [6.07, 6.45) is 3.06. The van der Waals surface area contributed by atoms with Crippen LogP contribution < -0.4 is 4.90 Å². The van der Waals surface area contributed by atoms with Crippen LogP contribution in [0, 0.1) is 0 Å². The Balaban J connectivity index is 1.65. The lowest BCUT2D eigenvalue weighted by molar-refractivity contribution is -0.150. The van der Waals surface area contributed by atoms with Gasteiger partial charge in [0.25, 0.3) is 0 Å². The van der Waals surface area contributed by atoms with Crippen molar-refractivity contribution in [3.63, 3.8) is 0 Å². The Morgan fingerprint density at radius 3 is 2.72 bits per heavy atom. The number of nitrogens with zero attached hydrogens (tertiary/aromatic N) is 5. The maximum atomic E-state index is 11.9. The predicted octanol–water partition coefficient (Wildman–Crippen LogP) is 1.03. The van der Waals surface area contributed by atoms with Gasteiger partial charge in [0.2, 0.25) is 0 Å². The maximum absolute atomic E-state index is 11.9. The van der Waals surface area contributed by atoms with Crippen molar-refractivity contribution in [3.8, 4) is 0 Å². The zero-order chi connectivity index (χ0) is 21.0. The van der Waals surface area contributed by atoms with E-state index in [1.165, 1.54) is 12.7 Å². The van der Waals surface area contributed by atoms with Gasteiger partial charge >= 0.3 is 5.97 Å². The Kier molecular flexibility index (Phi) is 6.99. The van der Waals surface area contributed by atoms with Crippen LogP contribution in [0.15, 0.2) is 12.7 Å². The summed E-state index contributed by atoms with van der Waals surface area (Å²) in [6, 6.07) is 0. The standard InChI is InChI=1S/C19H29N5O5/c1-4-5-6-7-8-13(25)28-9-12-15(26)16(27)19(29-12)24-11-22-14-17(23(2)3)20-10-21-18(14)24/h10-12,15-16,19,26-27H,4-9H2,1-3H3/t12-,15-,16-,19-/m1/s1. The number of fused-ring (bicyclic) bond motifs is 1. The number of aromatic nitrogens is 4. The molecule has 0 aliphatic carbocycles. The van der Waals surface area contributed by atoms with Crippen LogP contribution in [-0.2, 0) is 14.3 Å². The van der Waals surface area contributed by atoms with Crippen LogP contribution in [-0.4, -0.2) is 74.7 Å². The lowest BCUT2D eigenvalue weighted by Crippen LogP contribution is -2.34. The molecule has 0 spiro atoms. The van der Waals surface area contributed by atoms with E-state index in [1.54, 1.807) is 4.57 Å². The molecule has 3 rings (SSSR count). The summed E-state index contributed by atoms with van der Waals surface area (Å²) in [7, 11) is 3.69. The van der Waals surface area contributed by atoms with E-state index in [2.05, 4.69) is 21.9 Å². The molecule has 10 heteroatoms. The summed E-state index contributed by atoms with van der Waals surface area (Å²) >= 11 is 0. The normalized spacial score (nSPS) is 24.2. The Labute approximate surface area is 169 Å². The van der Waals surface area contributed by atoms with Crippen molar-refractivity contribution in [3.05, 3.63) is 12.7 Å². The van der Waals surface area contributed by atoms with Crippen LogP contribution in [0.4, 0.5) is 5.82 Å². The van der Waals surface area contributed by atoms with Crippen LogP contribution in [0.2, 0.25) is 0 Å². The number of carbonyl (C=O) groups excluding carboxylic acids is 1. The third-order valence-electron chi connectivity index (χ3n) is 5.02. The first kappa shape index (κ1) is 21.4. The first-order valence-corrected chi connectivity index (χ1v) is 9.96. The molecule has 0 radical (unpaired) electrons. The fraction of sp³-hybridized carbons (Fsp3) is 0.684. The number of aliphatic hydroxyl groups excluding tert-OH is 2. The van der Waals surface area contributed by atoms with Gasteiger partial charge in [-0.15, -0.1) is 0 Å². The second kappa shape index (κ2) is 9.47. The molecule has 1 aliphatic rings. The Morgan fingerprint density at radius 1 is 1.21 bits per heavy atom. The highest BCUT2D eigenvalue weighted by Gasteiger charge is 2.45. The zero-order valence-electron chi connectivity index (χ0n) is 17.1. The van der Waals surface area contributed by atoms with Gasteiger partial charge in [-0.3, -0.25) is 9.36 Å². The quantitative estimate of drug-likeness (QED) is 0.463. The van der Waals surface area contributed by atoms with Crippen molar-refractivity contribution in [1.29, 1.82) is 0 Å². The highest BCUT2D eigenvalue weighted by molar-refractivity contribution is 5.83. The highest BCUT2D eigenvalue weighted by Crippen LogP contribution is 2.32. The molecule has 2 aromatic heterocycles. The molecule has 0 saturated carbocycles. The van der Waals surface area contributed by atoms with Gasteiger partial charge in [0.05, 0.1) is 6.33 Å². The Morgan fingerprint density at radius 2 is 2.00 bits per heavy atom. The number of unbranched alkanes of at least 4 members (excludes halogenated alkanes) is 3. The van der Waals surface area contributed by atoms with Crippen LogP contribution >= 0.6 is 0 Å². The molecule has 2 N–H and O–H groups in total. The monoisotopic (exact) mass is 407 g/mol. The van der Waals surface area contributed by atoms with E-state index < -0.39 is 24.5 Å². The van der Waals surface area contributed by atoms with Crippen molar-refractivity contribution in [2.24, 2.45) is 0 Å². The van der Waals surface area contributed by atoms with Crippen molar-refractivity contribution in [2.45, 2.75) is 63.6 Å². The van der Waals surface area contributed by atoms with Crippen molar-refractivity contribution in [1.82, 2.24) is 19.5 Å². The summed E-state index contributed by atoms with van der Waals surface area (Å²) in [5, 5.41) is 20.8. The minimum absolute atomic E-state index is 0.119. The van der Waals surface area contributed by atoms with Gasteiger partial charge in [0.15, 0.2) is 23.2 Å². The fourth-order valence-electron chi connectivity index (χ4n) is 3.39. The summed E-state index contributed by atoms with van der Waals surface area (Å²) in [5.74, 6) is 0.307. The van der Waals surface area contributed by atoms with Gasteiger partial charge in [-0.05, 0) is 6.42 Å². The SMILES string of the molecule is CCCCCCC(=O)OC[C@H]1O[C@@H](n2cnc3c(N(C)C)ncnc32)[C@H](O)[C@@H]1O. The van der Waals surface area contributed by atoms with Gasteiger partial charge in [0, 0.05) is 20.5 Å². The molecule has 0 bridgehead atoms. The van der Waals surface area contributed by atoms with Crippen molar-refractivity contribution < 1.29 is 24.5 Å². The van der Waals surface area contributed by atoms with Gasteiger partial charge in [-0.25, -0.2) is 15.0 Å². The van der Waals surface area contributed by atoms with Crippen LogP contribution in [0.1, 0.15) is 45.3 Å². The molecule has 4 atom stereocenters. The first-order chi connectivity index (χ1) is 13.9. The minimum Gasteiger partial charge on any atom is -0.463 e. The number of imidazole rings is 1. The maximum Gasteiger partial charge on any atom is 0.305 e. The Hall–Kier alpha value is -2.30. The average molecular weight is 407 g/mol. The number of hydrogen-bond acceptors (Lipinski definition) is 9. The number of anilines is 1. The van der Waals surface area contributed by atoms with E-state index in [-0.39, 0.29) is 12.6 Å². The number of aliphatic hydroxyl groups is 2. The molecule has 0 aromatic carbocycles. The second-order valence-electron chi connectivity index (χ2n) is 7.46. The molecule has 1 aliphatic heterocycles. The van der Waals surface area contributed by atoms with Crippen LogP contribution in [0.5, 0.6) is 0 Å². The lowest BCUT2D eigenvalue weighted by Gasteiger charge is -2.17. The predicted molar refractivity (Wildman–Crippen MR) is 105 cm³/mol. The van der Waals surface area contributed by atoms with E-state index in [0.29, 0.717) is 23.4 Å². The zero-order valence-corrected chi connectivity index (χ0v) is 17.1. The fourth-order valence-corrected chi connectivity index (χ4v) is 3.39. The van der Waals surface area contributed by atoms with Gasteiger partial charge in [0.1, 0.15) is 31.2 Å². The van der Waals surface area contributed by atoms with E-state index >= 15 is 0 Å². The molecular weight excluding hydrogens is 378 g/mol. The first-order valence-electron chi connectivity index (χ1n) is 9.96. The summed E-state index contributed by atoms with van der Waals surface area (Å²) in [5.41, 5.74) is 1.04. The Bertz CT molecular complexity index is 826. The summed E-state index contributed by atoms with van der Waals surface area (Å²) in [4.78, 5) is 26.5. The van der Waals surface area contributed by atoms with E-state index in [9.17, 15) is 15.0 Å². The molecule has 1 fully saturated rings. The molecule has 160 valence electrons. The molecule has 0 unspecified atom stereocenters. The third-order valence-corrected chi connectivity index (χ3v) is 5.02. The number of esters is 1. The molecule has 2 aromatic rings. The lowest BCUT2D eigenvalue weighted by atomic mass is 10.1. The molecule has 29 heavy (non-hydrogen) atoms. The third kappa shape index (κ3) is 4.65. The molecule has 3 heterocycles. The smallest absolute Gasteiger partial charge is 0.305 e. The van der Waals surface area contributed by atoms with Crippen LogP contribution in [0.25, 0.3) is 11.2 Å². The van der Waals surface area contributed by atoms with E-state index in [1.807, 2.05) is 19.0 Å². The van der Waals surface area contributed by atoms with Crippen LogP contribution in [0.3, 0.4) is 0 Å². The van der Waals surface area contributed by atoms with E-state index in [4.69, 9.17) is 9.47 Å². The number of rotatable bonds is 9. The molecule has 0 amide bonds. The summed E-state index contributed by atoms with van der Waals surface area (Å²) < 4.78 is 12.6. The topological polar surface area (TPSA) is 123 Å². The van der Waals surface area contributed by atoms with Gasteiger partial charge in [-0.1, -0.05) is 26.2 Å². The molecule has 1 saturated heterocycles. The van der Waals surface area contributed by atoms with Crippen molar-refractivity contribution >= 4 is 23.0 Å². The minimum atomic E-state index is -1.21. The second-order valence-corrected chi connectivity index (χ2v) is 7.46. The highest BCUT2D eigenvalue weighted by atomic mass is 16.6. The number of carbonyl (C=O) groups is 1. The molecular formula is C19H29N5O5. The van der Waals surface area contributed by atoms with Crippen molar-refractivity contribution in [2.75, 3.05) is 25.6 Å². The van der Waals surface area contributed by atoms with Gasteiger partial charge < -0.3 is 24.6 Å². The largest absolute Gasteiger partial charge is 0.463 e. The molecule has 10 nitrogen and oxygen atoms in total. The number of hydrogen-bond donors (Lipinski definition) is 2. The summed E-state index contributed by atoms with van der Waals surface area (Å²) in [6.45, 7) is 1.99. The average Bonchev–Trinajstić information content (AvgIpc) is 3.25.